The Bertz CT molecular complexity index is 662. The second kappa shape index (κ2) is 4.35. The highest BCUT2D eigenvalue weighted by Crippen LogP contribution is 2.46. The monoisotopic (exact) mass is 266 g/mol. The fourth-order valence-corrected chi connectivity index (χ4v) is 3.59. The van der Waals surface area contributed by atoms with Crippen LogP contribution in [0.2, 0.25) is 0 Å². The van der Waals surface area contributed by atoms with Gasteiger partial charge in [-0.1, -0.05) is 42.5 Å². The van der Waals surface area contributed by atoms with Crippen molar-refractivity contribution in [3.05, 3.63) is 64.7 Å². The maximum absolute atomic E-state index is 11.3. The Balaban J connectivity index is 1.90. The van der Waals surface area contributed by atoms with Gasteiger partial charge in [-0.25, -0.2) is 0 Å². The normalized spacial score (nSPS) is 23.9. The Morgan fingerprint density at radius 3 is 2.65 bits per heavy atom. The maximum atomic E-state index is 11.3. The summed E-state index contributed by atoms with van der Waals surface area (Å²) in [5, 5.41) is 11.3. The van der Waals surface area contributed by atoms with Gasteiger partial charge in [0.05, 0.1) is 6.61 Å². The van der Waals surface area contributed by atoms with Gasteiger partial charge in [-0.3, -0.25) is 0 Å². The van der Waals surface area contributed by atoms with Crippen LogP contribution in [0.5, 0.6) is 5.75 Å². The van der Waals surface area contributed by atoms with Crippen LogP contribution in [-0.2, 0) is 18.4 Å². The van der Waals surface area contributed by atoms with Crippen molar-refractivity contribution in [1.29, 1.82) is 0 Å². The average molecular weight is 266 g/mol. The maximum Gasteiger partial charge on any atom is 0.128 e. The molecule has 2 aliphatic rings. The van der Waals surface area contributed by atoms with Crippen LogP contribution in [-0.4, -0.2) is 11.7 Å². The van der Waals surface area contributed by atoms with Crippen molar-refractivity contribution in [1.82, 2.24) is 0 Å². The van der Waals surface area contributed by atoms with E-state index in [9.17, 15) is 5.11 Å². The minimum Gasteiger partial charge on any atom is -0.493 e. The van der Waals surface area contributed by atoms with Crippen LogP contribution in [0.3, 0.4) is 0 Å². The Morgan fingerprint density at radius 2 is 1.70 bits per heavy atom. The molecule has 1 N–H and O–H groups in total. The fourth-order valence-electron chi connectivity index (χ4n) is 3.59. The van der Waals surface area contributed by atoms with E-state index in [0.29, 0.717) is 0 Å². The molecule has 1 heterocycles. The third-order valence-corrected chi connectivity index (χ3v) is 4.60. The number of hydrogen-bond acceptors (Lipinski definition) is 2. The van der Waals surface area contributed by atoms with Crippen molar-refractivity contribution >= 4 is 0 Å². The number of aliphatic hydroxyl groups is 1. The Labute approximate surface area is 119 Å². The predicted octanol–water partition coefficient (Wildman–Crippen LogP) is 3.19. The molecule has 0 saturated carbocycles. The van der Waals surface area contributed by atoms with Gasteiger partial charge in [0.25, 0.3) is 0 Å². The molecule has 1 atom stereocenters. The molecule has 0 aromatic heterocycles. The van der Waals surface area contributed by atoms with E-state index in [1.165, 1.54) is 11.1 Å². The zero-order valence-corrected chi connectivity index (χ0v) is 11.4. The Hall–Kier alpha value is -1.80. The number of rotatable bonds is 1. The van der Waals surface area contributed by atoms with Crippen LogP contribution in [0.15, 0.2) is 42.5 Å². The molecule has 0 amide bonds. The number of fused-ring (bicyclic) bond motifs is 2. The first kappa shape index (κ1) is 12.0. The summed E-state index contributed by atoms with van der Waals surface area (Å²) < 4.78 is 5.89. The fraction of sp³-hybridized carbons (Fsp3) is 0.333. The van der Waals surface area contributed by atoms with E-state index >= 15 is 0 Å². The van der Waals surface area contributed by atoms with Crippen molar-refractivity contribution in [2.45, 2.75) is 31.3 Å². The molecule has 0 bridgehead atoms. The molecule has 20 heavy (non-hydrogen) atoms. The highest BCUT2D eigenvalue weighted by Gasteiger charge is 2.40. The minimum absolute atomic E-state index is 0.742. The molecule has 0 spiro atoms. The molecule has 2 nitrogen and oxygen atoms in total. The number of para-hydroxylation sites is 1. The molecule has 0 saturated heterocycles. The van der Waals surface area contributed by atoms with Gasteiger partial charge < -0.3 is 9.84 Å². The van der Waals surface area contributed by atoms with Crippen LogP contribution in [0.1, 0.15) is 35.1 Å². The lowest BCUT2D eigenvalue weighted by Gasteiger charge is -2.30. The molecule has 1 aliphatic carbocycles. The molecule has 0 radical (unpaired) electrons. The summed E-state index contributed by atoms with van der Waals surface area (Å²) in [6, 6.07) is 14.4. The van der Waals surface area contributed by atoms with E-state index in [2.05, 4.69) is 12.1 Å². The van der Waals surface area contributed by atoms with Crippen LogP contribution < -0.4 is 4.74 Å². The summed E-state index contributed by atoms with van der Waals surface area (Å²) in [5.74, 6) is 0.915. The van der Waals surface area contributed by atoms with Gasteiger partial charge >= 0.3 is 0 Å². The molecule has 1 unspecified atom stereocenters. The van der Waals surface area contributed by atoms with Gasteiger partial charge in [-0.15, -0.1) is 0 Å². The van der Waals surface area contributed by atoms with Gasteiger partial charge in [0.1, 0.15) is 11.4 Å². The first-order valence-corrected chi connectivity index (χ1v) is 7.35. The molecule has 2 heteroatoms. The molecule has 2 aromatic carbocycles. The Kier molecular flexibility index (Phi) is 2.61. The van der Waals surface area contributed by atoms with E-state index in [4.69, 9.17) is 4.74 Å². The number of aryl methyl sites for hydroxylation is 2. The van der Waals surface area contributed by atoms with Gasteiger partial charge in [0, 0.05) is 5.56 Å². The minimum atomic E-state index is -0.890. The standard InChI is InChI=1S/C18H18O2/c19-18(11-10-13-5-1-2-8-15(13)18)16-9-3-6-14-7-4-12-20-17(14)16/h1-3,5-6,8-9,19H,4,7,10-12H2. The smallest absolute Gasteiger partial charge is 0.128 e. The van der Waals surface area contributed by atoms with Gasteiger partial charge in [-0.05, 0) is 42.4 Å². The third-order valence-electron chi connectivity index (χ3n) is 4.60. The van der Waals surface area contributed by atoms with E-state index in [0.717, 1.165) is 49.2 Å². The largest absolute Gasteiger partial charge is 0.493 e. The number of hydrogen-bond donors (Lipinski definition) is 1. The van der Waals surface area contributed by atoms with E-state index in [1.54, 1.807) is 0 Å². The summed E-state index contributed by atoms with van der Waals surface area (Å²) in [6.07, 6.45) is 3.77. The van der Waals surface area contributed by atoms with Crippen LogP contribution in [0.4, 0.5) is 0 Å². The molecular formula is C18H18O2. The van der Waals surface area contributed by atoms with Crippen molar-refractivity contribution in [3.8, 4) is 5.75 Å². The lowest BCUT2D eigenvalue weighted by atomic mass is 9.85. The lowest BCUT2D eigenvalue weighted by molar-refractivity contribution is 0.0782. The van der Waals surface area contributed by atoms with Crippen molar-refractivity contribution < 1.29 is 9.84 Å². The first-order chi connectivity index (χ1) is 9.79. The lowest BCUT2D eigenvalue weighted by Crippen LogP contribution is -2.26. The predicted molar refractivity (Wildman–Crippen MR) is 78.0 cm³/mol. The summed E-state index contributed by atoms with van der Waals surface area (Å²) in [5.41, 5.74) is 3.58. The zero-order valence-electron chi connectivity index (χ0n) is 11.4. The summed E-state index contributed by atoms with van der Waals surface area (Å²) in [7, 11) is 0. The van der Waals surface area contributed by atoms with Crippen molar-refractivity contribution in [3.63, 3.8) is 0 Å². The van der Waals surface area contributed by atoms with Crippen LogP contribution in [0, 0.1) is 0 Å². The highest BCUT2D eigenvalue weighted by atomic mass is 16.5. The van der Waals surface area contributed by atoms with Crippen LogP contribution in [0.25, 0.3) is 0 Å². The summed E-state index contributed by atoms with van der Waals surface area (Å²) >= 11 is 0. The van der Waals surface area contributed by atoms with Crippen molar-refractivity contribution in [2.75, 3.05) is 6.61 Å². The van der Waals surface area contributed by atoms with E-state index in [1.807, 2.05) is 30.3 Å². The second-order valence-corrected chi connectivity index (χ2v) is 5.76. The quantitative estimate of drug-likeness (QED) is 0.859. The Morgan fingerprint density at radius 1 is 0.900 bits per heavy atom. The van der Waals surface area contributed by atoms with Gasteiger partial charge in [0.15, 0.2) is 0 Å². The summed E-state index contributed by atoms with van der Waals surface area (Å²) in [4.78, 5) is 0. The molecule has 1 aliphatic heterocycles. The number of benzene rings is 2. The van der Waals surface area contributed by atoms with Gasteiger partial charge in [-0.2, -0.15) is 0 Å². The number of ether oxygens (including phenoxy) is 1. The summed E-state index contributed by atoms with van der Waals surface area (Å²) in [6.45, 7) is 0.752. The van der Waals surface area contributed by atoms with Crippen LogP contribution >= 0.6 is 0 Å². The van der Waals surface area contributed by atoms with E-state index in [-0.39, 0.29) is 0 Å². The third kappa shape index (κ3) is 1.61. The second-order valence-electron chi connectivity index (χ2n) is 5.76. The zero-order chi connectivity index (χ0) is 13.6. The SMILES string of the molecule is OC1(c2cccc3c2OCCC3)CCc2ccccc21. The molecule has 4 rings (SSSR count). The molecular weight excluding hydrogens is 248 g/mol. The van der Waals surface area contributed by atoms with E-state index < -0.39 is 5.60 Å². The first-order valence-electron chi connectivity index (χ1n) is 7.35. The molecule has 102 valence electrons. The molecule has 0 fully saturated rings. The highest BCUT2D eigenvalue weighted by molar-refractivity contribution is 5.53. The topological polar surface area (TPSA) is 29.5 Å². The van der Waals surface area contributed by atoms with Gasteiger partial charge in [0.2, 0.25) is 0 Å². The average Bonchev–Trinajstić information content (AvgIpc) is 2.86. The molecule has 2 aromatic rings. The van der Waals surface area contributed by atoms with Crippen molar-refractivity contribution in [2.24, 2.45) is 0 Å².